The van der Waals surface area contributed by atoms with E-state index in [0.29, 0.717) is 0 Å². The molecule has 0 unspecified atom stereocenters. The molecule has 0 saturated carbocycles. The highest BCUT2D eigenvalue weighted by Crippen LogP contribution is 2.34. The number of aromatic amines is 2. The van der Waals surface area contributed by atoms with Gasteiger partial charge in [0.25, 0.3) is 5.56 Å². The molecule has 1 aliphatic rings. The molecule has 4 atom stereocenters. The highest BCUT2D eigenvalue weighted by Gasteiger charge is 2.45. The van der Waals surface area contributed by atoms with Crippen molar-refractivity contribution < 1.29 is 24.5 Å². The van der Waals surface area contributed by atoms with E-state index in [2.05, 4.69) is 10.2 Å². The molecular weight excluding hydrogens is 274 g/mol. The van der Waals surface area contributed by atoms with E-state index in [9.17, 15) is 19.8 Å². The van der Waals surface area contributed by atoms with E-state index >= 15 is 0 Å². The number of aromatic nitrogens is 3. The summed E-state index contributed by atoms with van der Waals surface area (Å²) in [6.45, 7) is -0.498. The number of ether oxygens (including phenoxy) is 1. The molecule has 3 rings (SSSR count). The molecule has 0 spiro atoms. The molecule has 1 saturated heterocycles. The van der Waals surface area contributed by atoms with Gasteiger partial charge in [-0.05, 0) is 0 Å². The quantitative estimate of drug-likeness (QED) is 0.400. The third kappa shape index (κ3) is 1.78. The number of hydrogen-bond acceptors (Lipinski definition) is 8. The van der Waals surface area contributed by atoms with E-state index in [0.717, 1.165) is 0 Å². The zero-order chi connectivity index (χ0) is 14.4. The lowest BCUT2D eigenvalue weighted by Gasteiger charge is -2.11. The van der Waals surface area contributed by atoms with E-state index in [1.54, 1.807) is 0 Å². The molecule has 1 aliphatic heterocycles. The third-order valence-electron chi connectivity index (χ3n) is 3.20. The van der Waals surface area contributed by atoms with Gasteiger partial charge < -0.3 is 24.5 Å². The van der Waals surface area contributed by atoms with Crippen LogP contribution in [0.1, 0.15) is 11.8 Å². The van der Waals surface area contributed by atoms with Crippen molar-refractivity contribution in [1.29, 1.82) is 0 Å². The predicted molar refractivity (Wildman–Crippen MR) is 62.0 cm³/mol. The number of aliphatic hydroxyl groups excluding tert-OH is 3. The minimum atomic E-state index is -1.37. The summed E-state index contributed by atoms with van der Waals surface area (Å²) in [7, 11) is 0. The number of rotatable bonds is 2. The minimum absolute atomic E-state index is 0.0225. The van der Waals surface area contributed by atoms with Crippen molar-refractivity contribution in [3.8, 4) is 0 Å². The molecule has 1 fully saturated rings. The Bertz CT molecular complexity index is 747. The van der Waals surface area contributed by atoms with Crippen LogP contribution in [0.3, 0.4) is 0 Å². The van der Waals surface area contributed by atoms with Gasteiger partial charge in [-0.15, -0.1) is 0 Å². The Morgan fingerprint density at radius 1 is 1.25 bits per heavy atom. The number of nitrogens with one attached hydrogen (secondary N) is 2. The van der Waals surface area contributed by atoms with E-state index in [4.69, 9.17) is 14.3 Å². The van der Waals surface area contributed by atoms with Crippen molar-refractivity contribution in [3.63, 3.8) is 0 Å². The van der Waals surface area contributed by atoms with Crippen molar-refractivity contribution >= 4 is 11.1 Å². The van der Waals surface area contributed by atoms with E-state index < -0.39 is 42.3 Å². The Kier molecular flexibility index (Phi) is 2.94. The molecule has 0 amide bonds. The number of nitrogens with zero attached hydrogens (tertiary/aromatic N) is 1. The second kappa shape index (κ2) is 4.52. The van der Waals surface area contributed by atoms with Gasteiger partial charge in [0.15, 0.2) is 11.1 Å². The molecule has 3 heterocycles. The zero-order valence-corrected chi connectivity index (χ0v) is 9.94. The van der Waals surface area contributed by atoms with Crippen LogP contribution in [-0.4, -0.2) is 55.4 Å². The van der Waals surface area contributed by atoms with Crippen LogP contribution in [0, 0.1) is 0 Å². The second-order valence-electron chi connectivity index (χ2n) is 4.42. The smallest absolute Gasteiger partial charge is 0.405 e. The van der Waals surface area contributed by atoms with Crippen molar-refractivity contribution in [3.05, 3.63) is 26.6 Å². The summed E-state index contributed by atoms with van der Waals surface area (Å²) in [4.78, 5) is 24.6. The molecule has 10 nitrogen and oxygen atoms in total. The van der Waals surface area contributed by atoms with Crippen LogP contribution < -0.4 is 11.3 Å². The van der Waals surface area contributed by atoms with Gasteiger partial charge in [-0.3, -0.25) is 14.9 Å². The first-order valence-electron chi connectivity index (χ1n) is 5.76. The van der Waals surface area contributed by atoms with Crippen molar-refractivity contribution in [1.82, 2.24) is 15.2 Å². The van der Waals surface area contributed by atoms with Gasteiger partial charge in [0, 0.05) is 0 Å². The summed E-state index contributed by atoms with van der Waals surface area (Å²) in [5.74, 6) is -0.975. The molecule has 0 aliphatic carbocycles. The molecule has 108 valence electrons. The van der Waals surface area contributed by atoms with Crippen LogP contribution in [0.15, 0.2) is 14.0 Å². The van der Waals surface area contributed by atoms with Crippen molar-refractivity contribution in [2.24, 2.45) is 0 Å². The molecule has 10 heteroatoms. The fourth-order valence-electron chi connectivity index (χ4n) is 2.19. The summed E-state index contributed by atoms with van der Waals surface area (Å²) >= 11 is 0. The van der Waals surface area contributed by atoms with Crippen LogP contribution in [-0.2, 0) is 4.74 Å². The van der Waals surface area contributed by atoms with Crippen molar-refractivity contribution in [2.75, 3.05) is 6.61 Å². The number of H-pyrrole nitrogens is 2. The first-order chi connectivity index (χ1) is 9.52. The van der Waals surface area contributed by atoms with Crippen LogP contribution in [0.2, 0.25) is 0 Å². The molecule has 0 aromatic carbocycles. The van der Waals surface area contributed by atoms with E-state index in [1.807, 2.05) is 4.98 Å². The maximum Gasteiger partial charge on any atom is 0.419 e. The summed E-state index contributed by atoms with van der Waals surface area (Å²) in [6.07, 6.45) is -4.80. The van der Waals surface area contributed by atoms with Crippen LogP contribution in [0.5, 0.6) is 0 Å². The standard InChI is InChI=1S/C10H11N3O7/c14-1-2-5(15)6(16)8(19-2)3-7-4(13-12-3)9(17)11-10(18)20-7/h2,5-6,8,14-16H,1H2,(H,12,13)(H,11,17,18)/t2-,5-,6-,8+/m1/s1. The van der Waals surface area contributed by atoms with Crippen LogP contribution in [0.25, 0.3) is 11.1 Å². The van der Waals surface area contributed by atoms with Crippen molar-refractivity contribution in [2.45, 2.75) is 24.4 Å². The number of fused-ring (bicyclic) bond motifs is 1. The van der Waals surface area contributed by atoms with E-state index in [1.165, 1.54) is 0 Å². The highest BCUT2D eigenvalue weighted by molar-refractivity contribution is 5.73. The first-order valence-corrected chi connectivity index (χ1v) is 5.76. The molecule has 2 aromatic heterocycles. The Balaban J connectivity index is 2.12. The molecule has 0 bridgehead atoms. The summed E-state index contributed by atoms with van der Waals surface area (Å²) in [5.41, 5.74) is -0.988. The normalized spacial score (nSPS) is 30.1. The molecule has 2 aromatic rings. The predicted octanol–water partition coefficient (Wildman–Crippen LogP) is -2.64. The lowest BCUT2D eigenvalue weighted by molar-refractivity contribution is -0.0238. The second-order valence-corrected chi connectivity index (χ2v) is 4.42. The lowest BCUT2D eigenvalue weighted by Crippen LogP contribution is -2.32. The first kappa shape index (κ1) is 13.0. The largest absolute Gasteiger partial charge is 0.419 e. The molecule has 20 heavy (non-hydrogen) atoms. The molecular formula is C10H11N3O7. The molecule has 5 N–H and O–H groups in total. The monoisotopic (exact) mass is 285 g/mol. The SMILES string of the molecule is O=c1[nH]c(=O)c2[nH]nc([C@@H]3O[C@H](CO)[C@@H](O)[C@H]3O)c2o1. The fraction of sp³-hybridized carbons (Fsp3) is 0.500. The topological polar surface area (TPSA) is 162 Å². The maximum absolute atomic E-state index is 11.5. The van der Waals surface area contributed by atoms with Gasteiger partial charge >= 0.3 is 5.76 Å². The summed E-state index contributed by atoms with van der Waals surface area (Å²) < 4.78 is 10.1. The Morgan fingerprint density at radius 3 is 2.65 bits per heavy atom. The van der Waals surface area contributed by atoms with Gasteiger partial charge in [0.2, 0.25) is 0 Å². The summed E-state index contributed by atoms with van der Waals surface area (Å²) in [6, 6.07) is 0. The molecule has 0 radical (unpaired) electrons. The summed E-state index contributed by atoms with van der Waals surface area (Å²) in [5, 5.41) is 34.7. The Morgan fingerprint density at radius 2 is 2.00 bits per heavy atom. The Hall–Kier alpha value is -2.01. The van der Waals surface area contributed by atoms with Crippen LogP contribution >= 0.6 is 0 Å². The highest BCUT2D eigenvalue weighted by atomic mass is 16.6. The minimum Gasteiger partial charge on any atom is -0.405 e. The number of aliphatic hydroxyl groups is 3. The zero-order valence-electron chi connectivity index (χ0n) is 9.94. The third-order valence-corrected chi connectivity index (χ3v) is 3.20. The van der Waals surface area contributed by atoms with Gasteiger partial charge in [-0.25, -0.2) is 4.79 Å². The van der Waals surface area contributed by atoms with Gasteiger partial charge in [0.1, 0.15) is 30.1 Å². The van der Waals surface area contributed by atoms with Gasteiger partial charge in [-0.2, -0.15) is 5.10 Å². The Labute approximate surface area is 109 Å². The fourth-order valence-corrected chi connectivity index (χ4v) is 2.19. The average molecular weight is 285 g/mol. The van der Waals surface area contributed by atoms with Gasteiger partial charge in [-0.1, -0.05) is 0 Å². The van der Waals surface area contributed by atoms with Crippen LogP contribution in [0.4, 0.5) is 0 Å². The average Bonchev–Trinajstić information content (AvgIpc) is 2.93. The number of hydrogen-bond donors (Lipinski definition) is 5. The maximum atomic E-state index is 11.5. The van der Waals surface area contributed by atoms with E-state index in [-0.39, 0.29) is 16.8 Å². The van der Waals surface area contributed by atoms with Gasteiger partial charge in [0.05, 0.1) is 6.61 Å². The lowest BCUT2D eigenvalue weighted by atomic mass is 10.1.